The lowest BCUT2D eigenvalue weighted by molar-refractivity contribution is -0.0327. The number of nitrogen functional groups attached to an aromatic ring is 1. The van der Waals surface area contributed by atoms with Gasteiger partial charge >= 0.3 is 5.51 Å². The molecule has 1 rings (SSSR count). The maximum Gasteiger partial charge on any atom is 0.441 e. The third kappa shape index (κ3) is 4.37. The first-order valence-corrected chi connectivity index (χ1v) is 5.18. The fourth-order valence-corrected chi connectivity index (χ4v) is 2.07. The highest BCUT2D eigenvalue weighted by Gasteiger charge is 2.27. The first kappa shape index (κ1) is 10.6. The molecule has 0 spiro atoms. The Balaban J connectivity index is 2.28. The molecule has 0 aliphatic rings. The van der Waals surface area contributed by atoms with Crippen molar-refractivity contribution in [3.63, 3.8) is 0 Å². The highest BCUT2D eigenvalue weighted by Crippen LogP contribution is 2.31. The minimum Gasteiger partial charge on any atom is -0.375 e. The van der Waals surface area contributed by atoms with Gasteiger partial charge in [-0.05, 0) is 6.42 Å². The average Bonchev–Trinajstić information content (AvgIpc) is 2.33. The van der Waals surface area contributed by atoms with Crippen molar-refractivity contribution in [1.82, 2.24) is 4.98 Å². The van der Waals surface area contributed by atoms with Crippen molar-refractivity contribution in [2.75, 3.05) is 11.5 Å². The highest BCUT2D eigenvalue weighted by atomic mass is 32.2. The van der Waals surface area contributed by atoms with Crippen LogP contribution in [0.2, 0.25) is 0 Å². The topological polar surface area (TPSA) is 38.9 Å². The van der Waals surface area contributed by atoms with Crippen LogP contribution in [0, 0.1) is 0 Å². The number of halogens is 3. The Morgan fingerprint density at radius 2 is 2.23 bits per heavy atom. The van der Waals surface area contributed by atoms with Crippen molar-refractivity contribution >= 4 is 28.2 Å². The molecular formula is C6H7F3N2S2. The molecule has 0 bridgehead atoms. The molecule has 0 saturated carbocycles. The van der Waals surface area contributed by atoms with Crippen molar-refractivity contribution in [3.05, 3.63) is 11.1 Å². The maximum atomic E-state index is 11.7. The molecule has 1 aromatic heterocycles. The molecular weight excluding hydrogens is 221 g/mol. The first-order valence-electron chi connectivity index (χ1n) is 3.38. The summed E-state index contributed by atoms with van der Waals surface area (Å²) in [6.07, 6.45) is 1.87. The summed E-state index contributed by atoms with van der Waals surface area (Å²) in [5.74, 6) is 0.0190. The molecule has 0 aromatic carbocycles. The molecule has 0 atom stereocenters. The average molecular weight is 228 g/mol. The number of aromatic nitrogens is 1. The monoisotopic (exact) mass is 228 g/mol. The minimum absolute atomic E-state index is 0.0190. The van der Waals surface area contributed by atoms with E-state index in [-0.39, 0.29) is 17.5 Å². The molecule has 1 aromatic rings. The molecule has 0 aliphatic carbocycles. The summed E-state index contributed by atoms with van der Waals surface area (Å²) in [5.41, 5.74) is 1.17. The molecule has 0 fully saturated rings. The second-order valence-electron chi connectivity index (χ2n) is 2.21. The summed E-state index contributed by atoms with van der Waals surface area (Å²) >= 11 is 1.20. The van der Waals surface area contributed by atoms with Crippen LogP contribution >= 0.6 is 23.1 Å². The van der Waals surface area contributed by atoms with Gasteiger partial charge in [-0.2, -0.15) is 13.2 Å². The third-order valence-electron chi connectivity index (χ3n) is 1.19. The Labute approximate surface area is 81.3 Å². The van der Waals surface area contributed by atoms with Gasteiger partial charge in [-0.25, -0.2) is 4.98 Å². The Morgan fingerprint density at radius 3 is 2.69 bits per heavy atom. The quantitative estimate of drug-likeness (QED) is 0.864. The van der Waals surface area contributed by atoms with Gasteiger partial charge in [-0.1, -0.05) is 11.8 Å². The van der Waals surface area contributed by atoms with E-state index >= 15 is 0 Å². The summed E-state index contributed by atoms with van der Waals surface area (Å²) in [5, 5.41) is 0.395. The van der Waals surface area contributed by atoms with E-state index in [1.54, 1.807) is 0 Å². The molecule has 2 nitrogen and oxygen atoms in total. The number of nitrogens with zero attached hydrogens (tertiary/aromatic N) is 1. The van der Waals surface area contributed by atoms with E-state index in [1.807, 2.05) is 0 Å². The van der Waals surface area contributed by atoms with E-state index in [1.165, 1.54) is 17.5 Å². The van der Waals surface area contributed by atoms with Crippen LogP contribution in [-0.2, 0) is 6.42 Å². The minimum atomic E-state index is -4.14. The first-order chi connectivity index (χ1) is 5.97. The summed E-state index contributed by atoms with van der Waals surface area (Å²) in [6.45, 7) is 0. The van der Waals surface area contributed by atoms with Crippen molar-refractivity contribution in [3.8, 4) is 0 Å². The van der Waals surface area contributed by atoms with Crippen LogP contribution in [-0.4, -0.2) is 16.2 Å². The van der Waals surface area contributed by atoms with Gasteiger partial charge in [0.15, 0.2) is 5.13 Å². The number of thiazole rings is 1. The second kappa shape index (κ2) is 4.19. The van der Waals surface area contributed by atoms with Gasteiger partial charge < -0.3 is 5.73 Å². The van der Waals surface area contributed by atoms with E-state index in [0.29, 0.717) is 11.6 Å². The van der Waals surface area contributed by atoms with E-state index in [9.17, 15) is 13.2 Å². The zero-order valence-electron chi connectivity index (χ0n) is 6.47. The maximum absolute atomic E-state index is 11.7. The predicted octanol–water partition coefficient (Wildman–Crippen LogP) is 2.52. The Kier molecular flexibility index (Phi) is 3.43. The van der Waals surface area contributed by atoms with Crippen LogP contribution in [0.3, 0.4) is 0 Å². The largest absolute Gasteiger partial charge is 0.441 e. The van der Waals surface area contributed by atoms with E-state index < -0.39 is 5.51 Å². The SMILES string of the molecule is Nc1ncc(CCSC(F)(F)F)s1. The number of hydrogen-bond acceptors (Lipinski definition) is 4. The van der Waals surface area contributed by atoms with Crippen LogP contribution in [0.5, 0.6) is 0 Å². The second-order valence-corrected chi connectivity index (χ2v) is 4.52. The van der Waals surface area contributed by atoms with E-state index in [4.69, 9.17) is 5.73 Å². The highest BCUT2D eigenvalue weighted by molar-refractivity contribution is 8.00. The van der Waals surface area contributed by atoms with E-state index in [0.717, 1.165) is 4.88 Å². The summed E-state index contributed by atoms with van der Waals surface area (Å²) < 4.78 is 35.1. The third-order valence-corrected chi connectivity index (χ3v) is 2.81. The van der Waals surface area contributed by atoms with Gasteiger partial charge in [0.05, 0.1) is 0 Å². The molecule has 0 unspecified atom stereocenters. The van der Waals surface area contributed by atoms with Crippen LogP contribution in [0.1, 0.15) is 4.88 Å². The normalized spacial score (nSPS) is 11.9. The smallest absolute Gasteiger partial charge is 0.375 e. The number of alkyl halides is 3. The molecule has 0 aliphatic heterocycles. The molecule has 0 amide bonds. The van der Waals surface area contributed by atoms with E-state index in [2.05, 4.69) is 4.98 Å². The van der Waals surface area contributed by atoms with Gasteiger partial charge in [0.2, 0.25) is 0 Å². The van der Waals surface area contributed by atoms with Crippen LogP contribution in [0.4, 0.5) is 18.3 Å². The lowest BCUT2D eigenvalue weighted by Crippen LogP contribution is -2.02. The van der Waals surface area contributed by atoms with Crippen molar-refractivity contribution in [1.29, 1.82) is 0 Å². The molecule has 2 N–H and O–H groups in total. The van der Waals surface area contributed by atoms with Crippen molar-refractivity contribution < 1.29 is 13.2 Å². The zero-order valence-corrected chi connectivity index (χ0v) is 8.10. The number of hydrogen-bond donors (Lipinski definition) is 1. The number of anilines is 1. The van der Waals surface area contributed by atoms with Crippen LogP contribution in [0.15, 0.2) is 6.20 Å². The number of aryl methyl sites for hydroxylation is 1. The molecule has 0 radical (unpaired) electrons. The lowest BCUT2D eigenvalue weighted by atomic mass is 10.4. The standard InChI is InChI=1S/C6H7F3N2S2/c7-6(8,9)12-2-1-4-3-11-5(10)13-4/h3H,1-2H2,(H2,10,11). The van der Waals surface area contributed by atoms with Gasteiger partial charge in [0, 0.05) is 16.8 Å². The summed E-state index contributed by atoms with van der Waals surface area (Å²) in [7, 11) is 0. The molecule has 0 saturated heterocycles. The number of nitrogens with two attached hydrogens (primary N) is 1. The Hall–Kier alpha value is -0.430. The Morgan fingerprint density at radius 1 is 1.54 bits per heavy atom. The number of thioether (sulfide) groups is 1. The summed E-state index contributed by atoms with van der Waals surface area (Å²) in [4.78, 5) is 4.52. The van der Waals surface area contributed by atoms with Gasteiger partial charge in [-0.15, -0.1) is 11.3 Å². The van der Waals surface area contributed by atoms with Crippen molar-refractivity contribution in [2.45, 2.75) is 11.9 Å². The zero-order chi connectivity index (χ0) is 9.90. The van der Waals surface area contributed by atoms with Crippen LogP contribution in [0.25, 0.3) is 0 Å². The molecule has 13 heavy (non-hydrogen) atoms. The molecule has 7 heteroatoms. The lowest BCUT2D eigenvalue weighted by Gasteiger charge is -2.03. The fraction of sp³-hybridized carbons (Fsp3) is 0.500. The fourth-order valence-electron chi connectivity index (χ4n) is 0.706. The summed E-state index contributed by atoms with van der Waals surface area (Å²) in [6, 6.07) is 0. The van der Waals surface area contributed by atoms with Gasteiger partial charge in [-0.3, -0.25) is 0 Å². The molecule has 1 heterocycles. The van der Waals surface area contributed by atoms with Crippen LogP contribution < -0.4 is 5.73 Å². The predicted molar refractivity (Wildman–Crippen MR) is 48.7 cm³/mol. The van der Waals surface area contributed by atoms with Gasteiger partial charge in [0.1, 0.15) is 0 Å². The Bertz CT molecular complexity index is 271. The number of rotatable bonds is 3. The van der Waals surface area contributed by atoms with Gasteiger partial charge in [0.25, 0.3) is 0 Å². The van der Waals surface area contributed by atoms with Crippen molar-refractivity contribution in [2.24, 2.45) is 0 Å². The molecule has 74 valence electrons.